The van der Waals surface area contributed by atoms with Crippen molar-refractivity contribution in [2.75, 3.05) is 25.1 Å². The van der Waals surface area contributed by atoms with Crippen LogP contribution in [0.4, 0.5) is 14.5 Å². The smallest absolute Gasteiger partial charge is 0.343 e. The van der Waals surface area contributed by atoms with Gasteiger partial charge in [-0.05, 0) is 42.3 Å². The zero-order valence-electron chi connectivity index (χ0n) is 14.8. The fraction of sp³-hybridized carbons (Fsp3) is 0.316. The number of aromatic nitrogens is 1. The van der Waals surface area contributed by atoms with Crippen molar-refractivity contribution in [3.05, 3.63) is 47.7 Å². The van der Waals surface area contributed by atoms with E-state index < -0.39 is 19.0 Å². The predicted octanol–water partition coefficient (Wildman–Crippen LogP) is 2.85. The number of fused-ring (bicyclic) bond motifs is 1. The number of aryl methyl sites for hydroxylation is 1. The molecule has 1 amide bonds. The van der Waals surface area contributed by atoms with Crippen LogP contribution in [0.25, 0.3) is 0 Å². The van der Waals surface area contributed by atoms with Gasteiger partial charge in [-0.2, -0.15) is 0 Å². The molecule has 1 aromatic heterocycles. The predicted molar refractivity (Wildman–Crippen MR) is 94.9 cm³/mol. The number of ether oxygens (including phenoxy) is 3. The number of benzene rings is 1. The number of esters is 1. The van der Waals surface area contributed by atoms with Crippen molar-refractivity contribution < 1.29 is 32.6 Å². The van der Waals surface area contributed by atoms with Crippen LogP contribution in [0.15, 0.2) is 36.5 Å². The molecule has 2 heterocycles. The van der Waals surface area contributed by atoms with Gasteiger partial charge in [-0.25, -0.2) is 18.6 Å². The second kappa shape index (κ2) is 9.12. The highest BCUT2D eigenvalue weighted by Crippen LogP contribution is 2.26. The number of amides is 1. The topological polar surface area (TPSA) is 86.8 Å². The summed E-state index contributed by atoms with van der Waals surface area (Å²) >= 11 is 0. The third-order valence-electron chi connectivity index (χ3n) is 3.89. The molecule has 0 unspecified atom stereocenters. The zero-order chi connectivity index (χ0) is 19.9. The van der Waals surface area contributed by atoms with E-state index in [2.05, 4.69) is 10.3 Å². The molecule has 0 fully saturated rings. The summed E-state index contributed by atoms with van der Waals surface area (Å²) in [5, 5.41) is 2.78. The Morgan fingerprint density at radius 2 is 2.04 bits per heavy atom. The molecule has 28 heavy (non-hydrogen) atoms. The molecule has 148 valence electrons. The molecular weight excluding hydrogens is 374 g/mol. The number of alkyl halides is 2. The van der Waals surface area contributed by atoms with Crippen LogP contribution in [0.5, 0.6) is 11.6 Å². The largest absolute Gasteiger partial charge is 0.490 e. The normalized spacial score (nSPS) is 12.9. The van der Waals surface area contributed by atoms with Crippen LogP contribution in [0, 0.1) is 0 Å². The molecule has 1 N–H and O–H groups in total. The van der Waals surface area contributed by atoms with Gasteiger partial charge in [0.1, 0.15) is 24.5 Å². The maximum atomic E-state index is 12.3. The van der Waals surface area contributed by atoms with E-state index in [4.69, 9.17) is 14.2 Å². The maximum absolute atomic E-state index is 12.3. The third kappa shape index (κ3) is 5.15. The monoisotopic (exact) mass is 392 g/mol. The average molecular weight is 392 g/mol. The highest BCUT2D eigenvalue weighted by atomic mass is 19.3. The molecule has 0 radical (unpaired) electrons. The number of anilines is 1. The van der Waals surface area contributed by atoms with Gasteiger partial charge in [0.15, 0.2) is 6.61 Å². The molecule has 0 bridgehead atoms. The summed E-state index contributed by atoms with van der Waals surface area (Å²) in [6.07, 6.45) is -0.284. The molecule has 1 aliphatic rings. The van der Waals surface area contributed by atoms with Crippen molar-refractivity contribution in [3.63, 3.8) is 0 Å². The average Bonchev–Trinajstić information content (AvgIpc) is 2.69. The Kier molecular flexibility index (Phi) is 6.36. The number of hydrogen-bond acceptors (Lipinski definition) is 6. The van der Waals surface area contributed by atoms with Crippen LogP contribution in [-0.2, 0) is 16.0 Å². The quantitative estimate of drug-likeness (QED) is 0.549. The van der Waals surface area contributed by atoms with Gasteiger partial charge in [0.2, 0.25) is 11.8 Å². The minimum Gasteiger partial charge on any atom is -0.490 e. The van der Waals surface area contributed by atoms with E-state index in [-0.39, 0.29) is 30.6 Å². The Bertz CT molecular complexity index is 860. The summed E-state index contributed by atoms with van der Waals surface area (Å²) in [6, 6.07) is 8.16. The number of hydrogen-bond donors (Lipinski definition) is 1. The van der Waals surface area contributed by atoms with E-state index in [1.165, 1.54) is 18.3 Å². The fourth-order valence-electron chi connectivity index (χ4n) is 2.62. The highest BCUT2D eigenvalue weighted by Gasteiger charge is 2.17. The Morgan fingerprint density at radius 1 is 1.18 bits per heavy atom. The standard InChI is InChI=1S/C19H18F2N2O5/c20-16(21)11-28-18-14(2-1-7-22-18)19(25)27-9-8-26-13-4-5-15-12(10-13)3-6-17(24)23-15/h1-2,4-5,7,10,16H,3,6,8-9,11H2,(H,23,24). The van der Waals surface area contributed by atoms with Crippen molar-refractivity contribution >= 4 is 17.6 Å². The van der Waals surface area contributed by atoms with Gasteiger partial charge in [-0.15, -0.1) is 0 Å². The number of nitrogens with zero attached hydrogens (tertiary/aromatic N) is 1. The zero-order valence-corrected chi connectivity index (χ0v) is 14.8. The van der Waals surface area contributed by atoms with Crippen LogP contribution >= 0.6 is 0 Å². The summed E-state index contributed by atoms with van der Waals surface area (Å²) in [4.78, 5) is 27.3. The first kappa shape index (κ1) is 19.5. The summed E-state index contributed by atoms with van der Waals surface area (Å²) in [5.41, 5.74) is 1.71. The Balaban J connectivity index is 1.49. The van der Waals surface area contributed by atoms with Gasteiger partial charge in [0.25, 0.3) is 6.43 Å². The Labute approximate surface area is 159 Å². The second-order valence-electron chi connectivity index (χ2n) is 5.91. The summed E-state index contributed by atoms with van der Waals surface area (Å²) in [7, 11) is 0. The molecule has 2 aromatic rings. The lowest BCUT2D eigenvalue weighted by molar-refractivity contribution is -0.116. The molecule has 1 aliphatic heterocycles. The van der Waals surface area contributed by atoms with Crippen molar-refractivity contribution in [3.8, 4) is 11.6 Å². The number of rotatable bonds is 8. The molecule has 0 saturated carbocycles. The van der Waals surface area contributed by atoms with Crippen LogP contribution in [0.3, 0.4) is 0 Å². The van der Waals surface area contributed by atoms with Gasteiger partial charge in [-0.3, -0.25) is 4.79 Å². The number of pyridine rings is 1. The minimum atomic E-state index is -2.68. The first-order chi connectivity index (χ1) is 13.5. The van der Waals surface area contributed by atoms with Crippen LogP contribution in [-0.4, -0.2) is 43.1 Å². The van der Waals surface area contributed by atoms with E-state index in [1.54, 1.807) is 12.1 Å². The van der Waals surface area contributed by atoms with E-state index in [1.807, 2.05) is 6.07 Å². The molecule has 0 saturated heterocycles. The molecule has 7 nitrogen and oxygen atoms in total. The van der Waals surface area contributed by atoms with Crippen LogP contribution < -0.4 is 14.8 Å². The lowest BCUT2D eigenvalue weighted by atomic mass is 10.0. The van der Waals surface area contributed by atoms with Gasteiger partial charge >= 0.3 is 5.97 Å². The summed E-state index contributed by atoms with van der Waals surface area (Å²) in [5.74, 6) is -0.367. The van der Waals surface area contributed by atoms with Crippen molar-refractivity contribution in [1.29, 1.82) is 0 Å². The van der Waals surface area contributed by atoms with Crippen LogP contribution in [0.2, 0.25) is 0 Å². The Hall–Kier alpha value is -3.23. The van der Waals surface area contributed by atoms with E-state index in [0.717, 1.165) is 11.3 Å². The molecule has 0 aliphatic carbocycles. The molecule has 0 atom stereocenters. The molecular formula is C19H18F2N2O5. The van der Waals surface area contributed by atoms with Gasteiger partial charge in [0, 0.05) is 18.3 Å². The Morgan fingerprint density at radius 3 is 2.86 bits per heavy atom. The number of halogens is 2. The lowest BCUT2D eigenvalue weighted by Crippen LogP contribution is -2.19. The molecule has 9 heteroatoms. The molecule has 3 rings (SSSR count). The lowest BCUT2D eigenvalue weighted by Gasteiger charge is -2.17. The van der Waals surface area contributed by atoms with E-state index in [0.29, 0.717) is 18.6 Å². The van der Waals surface area contributed by atoms with Gasteiger partial charge in [0.05, 0.1) is 0 Å². The van der Waals surface area contributed by atoms with Crippen molar-refractivity contribution in [2.45, 2.75) is 19.3 Å². The number of nitrogens with one attached hydrogen (secondary N) is 1. The number of carbonyl (C=O) groups is 2. The first-order valence-electron chi connectivity index (χ1n) is 8.61. The van der Waals surface area contributed by atoms with E-state index in [9.17, 15) is 18.4 Å². The summed E-state index contributed by atoms with van der Waals surface area (Å²) < 4.78 is 40.0. The van der Waals surface area contributed by atoms with Crippen molar-refractivity contribution in [1.82, 2.24) is 4.98 Å². The van der Waals surface area contributed by atoms with Crippen molar-refractivity contribution in [2.24, 2.45) is 0 Å². The van der Waals surface area contributed by atoms with Crippen LogP contribution in [0.1, 0.15) is 22.3 Å². The second-order valence-corrected chi connectivity index (χ2v) is 5.91. The summed E-state index contributed by atoms with van der Waals surface area (Å²) in [6.45, 7) is -0.806. The third-order valence-corrected chi connectivity index (χ3v) is 3.89. The van der Waals surface area contributed by atoms with Gasteiger partial charge < -0.3 is 19.5 Å². The van der Waals surface area contributed by atoms with Gasteiger partial charge in [-0.1, -0.05) is 0 Å². The highest BCUT2D eigenvalue weighted by molar-refractivity contribution is 5.94. The SMILES string of the molecule is O=C1CCc2cc(OCCOC(=O)c3cccnc3OCC(F)F)ccc2N1. The fourth-order valence-corrected chi connectivity index (χ4v) is 2.62. The first-order valence-corrected chi connectivity index (χ1v) is 8.61. The molecule has 0 spiro atoms. The molecule has 1 aromatic carbocycles. The maximum Gasteiger partial charge on any atom is 0.343 e. The minimum absolute atomic E-state index is 0.0135. The van der Waals surface area contributed by atoms with E-state index >= 15 is 0 Å². The number of carbonyl (C=O) groups excluding carboxylic acids is 2.